The number of aryl methyl sites for hydroxylation is 1. The predicted molar refractivity (Wildman–Crippen MR) is 79.0 cm³/mol. The monoisotopic (exact) mass is 263 g/mol. The number of nitrogens with one attached hydrogen (secondary N) is 1. The first-order valence-electron chi connectivity index (χ1n) is 7.37. The Balaban J connectivity index is 2.23. The van der Waals surface area contributed by atoms with Crippen LogP contribution >= 0.6 is 0 Å². The third-order valence-corrected chi connectivity index (χ3v) is 3.78. The molecule has 0 spiro atoms. The summed E-state index contributed by atoms with van der Waals surface area (Å²) in [4.78, 5) is 0. The highest BCUT2D eigenvalue weighted by Crippen LogP contribution is 2.32. The molecule has 3 heteroatoms. The maximum atomic E-state index is 5.76. The topological polar surface area (TPSA) is 30.5 Å². The minimum atomic E-state index is 0.149. The summed E-state index contributed by atoms with van der Waals surface area (Å²) in [7, 11) is 1.76. The van der Waals surface area contributed by atoms with Crippen molar-refractivity contribution in [3.63, 3.8) is 0 Å². The summed E-state index contributed by atoms with van der Waals surface area (Å²) in [6.45, 7) is 5.20. The summed E-state index contributed by atoms with van der Waals surface area (Å²) in [6.07, 6.45) is 5.61. The molecule has 0 saturated carbocycles. The van der Waals surface area contributed by atoms with Crippen LogP contribution in [-0.2, 0) is 17.6 Å². The Morgan fingerprint density at radius 1 is 1.26 bits per heavy atom. The number of hydrogen-bond acceptors (Lipinski definition) is 3. The van der Waals surface area contributed by atoms with E-state index in [1.807, 2.05) is 0 Å². The van der Waals surface area contributed by atoms with Crippen molar-refractivity contribution < 1.29 is 9.47 Å². The Morgan fingerprint density at radius 2 is 2.11 bits per heavy atom. The van der Waals surface area contributed by atoms with Gasteiger partial charge < -0.3 is 14.8 Å². The van der Waals surface area contributed by atoms with Crippen molar-refractivity contribution in [3.05, 3.63) is 23.3 Å². The molecule has 0 aliphatic carbocycles. The Kier molecular flexibility index (Phi) is 5.08. The van der Waals surface area contributed by atoms with Gasteiger partial charge in [-0.15, -0.1) is 0 Å². The van der Waals surface area contributed by atoms with Gasteiger partial charge in [0.1, 0.15) is 12.0 Å². The molecule has 1 saturated heterocycles. The van der Waals surface area contributed by atoms with E-state index in [-0.39, 0.29) is 6.23 Å². The van der Waals surface area contributed by atoms with Crippen LogP contribution in [0.5, 0.6) is 5.75 Å². The van der Waals surface area contributed by atoms with E-state index < -0.39 is 0 Å². The summed E-state index contributed by atoms with van der Waals surface area (Å²) in [5.74, 6) is 1.03. The summed E-state index contributed by atoms with van der Waals surface area (Å²) in [5, 5.41) is 3.52. The van der Waals surface area contributed by atoms with E-state index in [4.69, 9.17) is 9.47 Å². The number of hydrogen-bond donors (Lipinski definition) is 1. The number of anilines is 1. The normalized spacial score (nSPS) is 19.2. The minimum absolute atomic E-state index is 0.149. The van der Waals surface area contributed by atoms with Crippen molar-refractivity contribution in [2.45, 2.75) is 52.2 Å². The van der Waals surface area contributed by atoms with E-state index in [1.54, 1.807) is 7.11 Å². The summed E-state index contributed by atoms with van der Waals surface area (Å²) in [5.41, 5.74) is 3.69. The van der Waals surface area contributed by atoms with Crippen molar-refractivity contribution in [2.75, 3.05) is 19.0 Å². The molecule has 3 nitrogen and oxygen atoms in total. The van der Waals surface area contributed by atoms with Gasteiger partial charge in [-0.1, -0.05) is 19.9 Å². The largest absolute Gasteiger partial charge is 0.496 e. The fourth-order valence-corrected chi connectivity index (χ4v) is 2.72. The first kappa shape index (κ1) is 14.2. The van der Waals surface area contributed by atoms with Gasteiger partial charge in [0, 0.05) is 17.9 Å². The van der Waals surface area contributed by atoms with Crippen molar-refractivity contribution in [2.24, 2.45) is 0 Å². The molecule has 1 N–H and O–H groups in total. The van der Waals surface area contributed by atoms with E-state index in [0.29, 0.717) is 0 Å². The molecule has 0 bridgehead atoms. The molecule has 1 fully saturated rings. The zero-order chi connectivity index (χ0) is 13.7. The first-order chi connectivity index (χ1) is 9.30. The predicted octanol–water partition coefficient (Wildman–Crippen LogP) is 3.76. The molecular weight excluding hydrogens is 238 g/mol. The van der Waals surface area contributed by atoms with Gasteiger partial charge >= 0.3 is 0 Å². The quantitative estimate of drug-likeness (QED) is 0.877. The lowest BCUT2D eigenvalue weighted by atomic mass is 10.0. The number of ether oxygens (including phenoxy) is 2. The number of methoxy groups -OCH3 is 1. The van der Waals surface area contributed by atoms with Crippen LogP contribution in [0.4, 0.5) is 5.69 Å². The third-order valence-electron chi connectivity index (χ3n) is 3.78. The second kappa shape index (κ2) is 6.80. The van der Waals surface area contributed by atoms with Crippen LogP contribution in [-0.4, -0.2) is 19.9 Å². The van der Waals surface area contributed by atoms with Crippen molar-refractivity contribution in [1.82, 2.24) is 0 Å². The van der Waals surface area contributed by atoms with Crippen LogP contribution in [0, 0.1) is 0 Å². The van der Waals surface area contributed by atoms with E-state index in [1.165, 1.54) is 24.0 Å². The van der Waals surface area contributed by atoms with Crippen LogP contribution < -0.4 is 10.1 Å². The van der Waals surface area contributed by atoms with Crippen LogP contribution in [0.1, 0.15) is 44.2 Å². The van der Waals surface area contributed by atoms with Gasteiger partial charge in [0.2, 0.25) is 0 Å². The third kappa shape index (κ3) is 3.21. The highest BCUT2D eigenvalue weighted by Gasteiger charge is 2.17. The molecule has 1 heterocycles. The Labute approximate surface area is 116 Å². The number of rotatable bonds is 5. The Morgan fingerprint density at radius 3 is 2.68 bits per heavy atom. The lowest BCUT2D eigenvalue weighted by molar-refractivity contribution is 0.0343. The molecule has 1 aliphatic rings. The van der Waals surface area contributed by atoms with E-state index in [0.717, 1.165) is 37.3 Å². The lowest BCUT2D eigenvalue weighted by Gasteiger charge is -2.26. The maximum Gasteiger partial charge on any atom is 0.127 e. The van der Waals surface area contributed by atoms with E-state index >= 15 is 0 Å². The fourth-order valence-electron chi connectivity index (χ4n) is 2.72. The Hall–Kier alpha value is -1.22. The average molecular weight is 263 g/mol. The maximum absolute atomic E-state index is 5.76. The minimum Gasteiger partial charge on any atom is -0.496 e. The van der Waals surface area contributed by atoms with E-state index in [2.05, 4.69) is 31.3 Å². The second-order valence-corrected chi connectivity index (χ2v) is 4.99. The first-order valence-corrected chi connectivity index (χ1v) is 7.37. The molecule has 0 amide bonds. The SMILES string of the molecule is CCc1ccc(NC2CCCCO2)c(CC)c1OC. The molecule has 0 radical (unpaired) electrons. The molecule has 1 aromatic rings. The highest BCUT2D eigenvalue weighted by atomic mass is 16.5. The highest BCUT2D eigenvalue weighted by molar-refractivity contribution is 5.61. The van der Waals surface area contributed by atoms with Gasteiger partial charge in [0.25, 0.3) is 0 Å². The molecule has 1 aromatic carbocycles. The van der Waals surface area contributed by atoms with Gasteiger partial charge in [-0.3, -0.25) is 0 Å². The van der Waals surface area contributed by atoms with Gasteiger partial charge in [0.05, 0.1) is 7.11 Å². The fraction of sp³-hybridized carbons (Fsp3) is 0.625. The van der Waals surface area contributed by atoms with Crippen LogP contribution in [0.3, 0.4) is 0 Å². The van der Waals surface area contributed by atoms with Crippen molar-refractivity contribution in [1.29, 1.82) is 0 Å². The molecule has 0 aromatic heterocycles. The zero-order valence-corrected chi connectivity index (χ0v) is 12.3. The molecule has 19 heavy (non-hydrogen) atoms. The molecule has 2 rings (SSSR count). The van der Waals surface area contributed by atoms with Crippen LogP contribution in [0.25, 0.3) is 0 Å². The molecule has 1 atom stereocenters. The molecule has 1 aliphatic heterocycles. The second-order valence-electron chi connectivity index (χ2n) is 4.99. The van der Waals surface area contributed by atoms with Gasteiger partial charge in [-0.25, -0.2) is 0 Å². The van der Waals surface area contributed by atoms with Gasteiger partial charge in [-0.05, 0) is 43.7 Å². The Bertz CT molecular complexity index is 411. The van der Waals surface area contributed by atoms with Crippen LogP contribution in [0.2, 0.25) is 0 Å². The van der Waals surface area contributed by atoms with Gasteiger partial charge in [0.15, 0.2) is 0 Å². The summed E-state index contributed by atoms with van der Waals surface area (Å²) >= 11 is 0. The lowest BCUT2D eigenvalue weighted by Crippen LogP contribution is -2.27. The van der Waals surface area contributed by atoms with E-state index in [9.17, 15) is 0 Å². The standard InChI is InChI=1S/C16H25NO2/c1-4-12-9-10-14(13(5-2)16(12)18-3)17-15-8-6-7-11-19-15/h9-10,15,17H,4-8,11H2,1-3H3. The average Bonchev–Trinajstić information content (AvgIpc) is 2.47. The summed E-state index contributed by atoms with van der Waals surface area (Å²) < 4.78 is 11.4. The van der Waals surface area contributed by atoms with Gasteiger partial charge in [-0.2, -0.15) is 0 Å². The molecular formula is C16H25NO2. The smallest absolute Gasteiger partial charge is 0.127 e. The summed E-state index contributed by atoms with van der Waals surface area (Å²) in [6, 6.07) is 4.32. The van der Waals surface area contributed by atoms with Crippen molar-refractivity contribution >= 4 is 5.69 Å². The number of benzene rings is 1. The molecule has 106 valence electrons. The van der Waals surface area contributed by atoms with Crippen molar-refractivity contribution in [3.8, 4) is 5.75 Å². The zero-order valence-electron chi connectivity index (χ0n) is 12.3. The molecule has 1 unspecified atom stereocenters. The van der Waals surface area contributed by atoms with Crippen LogP contribution in [0.15, 0.2) is 12.1 Å².